The minimum atomic E-state index is 0.0253. The molecule has 0 atom stereocenters. The van der Waals surface area contributed by atoms with Gasteiger partial charge in [-0.05, 0) is 31.0 Å². The summed E-state index contributed by atoms with van der Waals surface area (Å²) in [5.41, 5.74) is 1.03. The van der Waals surface area contributed by atoms with Crippen molar-refractivity contribution in [1.82, 2.24) is 9.88 Å². The van der Waals surface area contributed by atoms with Crippen LogP contribution in [-0.2, 0) is 13.0 Å². The van der Waals surface area contributed by atoms with Gasteiger partial charge in [-0.2, -0.15) is 0 Å². The molecule has 3 rings (SSSR count). The summed E-state index contributed by atoms with van der Waals surface area (Å²) in [6.45, 7) is 5.47. The molecule has 116 valence electrons. The molecule has 0 aliphatic carbocycles. The predicted octanol–water partition coefficient (Wildman–Crippen LogP) is 3.10. The quantitative estimate of drug-likeness (QED) is 0.850. The highest BCUT2D eigenvalue weighted by molar-refractivity contribution is 7.13. The molecule has 2 heterocycles. The van der Waals surface area contributed by atoms with Crippen LogP contribution >= 0.6 is 11.3 Å². The fourth-order valence-corrected chi connectivity index (χ4v) is 3.14. The standard InChI is InChI=1S/C16H18N2O3S/c1-3-15-17-8-14(22-15)16(19)18(4-2)9-11-5-6-12-13(7-11)21-10-20-12/h5-8H,3-4,9-10H2,1-2H3. The summed E-state index contributed by atoms with van der Waals surface area (Å²) >= 11 is 1.47. The summed E-state index contributed by atoms with van der Waals surface area (Å²) in [7, 11) is 0. The maximum Gasteiger partial charge on any atom is 0.265 e. The summed E-state index contributed by atoms with van der Waals surface area (Å²) in [6, 6.07) is 5.79. The number of ether oxygens (including phenoxy) is 2. The molecule has 1 aromatic heterocycles. The Morgan fingerprint density at radius 3 is 2.86 bits per heavy atom. The zero-order chi connectivity index (χ0) is 15.5. The average molecular weight is 318 g/mol. The van der Waals surface area contributed by atoms with Gasteiger partial charge < -0.3 is 14.4 Å². The third-order valence-electron chi connectivity index (χ3n) is 3.55. The summed E-state index contributed by atoms with van der Waals surface area (Å²) in [5.74, 6) is 1.53. The van der Waals surface area contributed by atoms with Crippen LogP contribution in [0.2, 0.25) is 0 Å². The Kier molecular flexibility index (Phi) is 4.29. The molecule has 0 saturated heterocycles. The second-order valence-electron chi connectivity index (χ2n) is 4.98. The average Bonchev–Trinajstić information content (AvgIpc) is 3.20. The van der Waals surface area contributed by atoms with Crippen molar-refractivity contribution in [3.05, 3.63) is 39.8 Å². The molecular formula is C16H18N2O3S. The van der Waals surface area contributed by atoms with Crippen LogP contribution in [-0.4, -0.2) is 29.1 Å². The highest BCUT2D eigenvalue weighted by atomic mass is 32.1. The van der Waals surface area contributed by atoms with Gasteiger partial charge in [0.15, 0.2) is 11.5 Å². The third-order valence-corrected chi connectivity index (χ3v) is 4.68. The van der Waals surface area contributed by atoms with Crippen LogP contribution in [0.5, 0.6) is 11.5 Å². The molecule has 1 aliphatic heterocycles. The fraction of sp³-hybridized carbons (Fsp3) is 0.375. The molecule has 2 aromatic rings. The predicted molar refractivity (Wildman–Crippen MR) is 84.5 cm³/mol. The first-order chi connectivity index (χ1) is 10.7. The van der Waals surface area contributed by atoms with Crippen LogP contribution in [0, 0.1) is 0 Å². The van der Waals surface area contributed by atoms with Gasteiger partial charge in [0.2, 0.25) is 6.79 Å². The Labute approximate surface area is 133 Å². The van der Waals surface area contributed by atoms with Crippen molar-refractivity contribution in [3.63, 3.8) is 0 Å². The topological polar surface area (TPSA) is 51.7 Å². The summed E-state index contributed by atoms with van der Waals surface area (Å²) in [5, 5.41) is 0.988. The molecule has 0 unspecified atom stereocenters. The number of hydrogen-bond acceptors (Lipinski definition) is 5. The molecule has 0 bridgehead atoms. The van der Waals surface area contributed by atoms with Crippen molar-refractivity contribution in [2.75, 3.05) is 13.3 Å². The molecule has 1 amide bonds. The van der Waals surface area contributed by atoms with E-state index in [1.165, 1.54) is 11.3 Å². The Morgan fingerprint density at radius 1 is 1.32 bits per heavy atom. The molecule has 1 aliphatic rings. The zero-order valence-electron chi connectivity index (χ0n) is 12.7. The van der Waals surface area contributed by atoms with E-state index in [1.54, 1.807) is 6.20 Å². The number of rotatable bonds is 5. The lowest BCUT2D eigenvalue weighted by Gasteiger charge is -2.20. The second-order valence-corrected chi connectivity index (χ2v) is 6.09. The summed E-state index contributed by atoms with van der Waals surface area (Å²) in [4.78, 5) is 19.3. The second kappa shape index (κ2) is 6.36. The molecule has 0 radical (unpaired) electrons. The fourth-order valence-electron chi connectivity index (χ4n) is 2.32. The molecule has 22 heavy (non-hydrogen) atoms. The van der Waals surface area contributed by atoms with Crippen LogP contribution in [0.15, 0.2) is 24.4 Å². The Balaban J connectivity index is 1.75. The van der Waals surface area contributed by atoms with E-state index in [0.29, 0.717) is 18.0 Å². The molecule has 1 aromatic carbocycles. The maximum absolute atomic E-state index is 12.6. The van der Waals surface area contributed by atoms with Crippen LogP contribution < -0.4 is 9.47 Å². The Morgan fingerprint density at radius 2 is 2.14 bits per heavy atom. The van der Waals surface area contributed by atoms with E-state index in [-0.39, 0.29) is 12.7 Å². The molecule has 5 nitrogen and oxygen atoms in total. The van der Waals surface area contributed by atoms with Gasteiger partial charge in [-0.15, -0.1) is 11.3 Å². The number of aryl methyl sites for hydroxylation is 1. The highest BCUT2D eigenvalue weighted by Crippen LogP contribution is 2.33. The number of benzene rings is 1. The van der Waals surface area contributed by atoms with Crippen molar-refractivity contribution in [2.45, 2.75) is 26.8 Å². The summed E-state index contributed by atoms with van der Waals surface area (Å²) in [6.07, 6.45) is 2.53. The van der Waals surface area contributed by atoms with E-state index in [4.69, 9.17) is 9.47 Å². The third kappa shape index (κ3) is 2.92. The first-order valence-electron chi connectivity index (χ1n) is 7.33. The van der Waals surface area contributed by atoms with Crippen LogP contribution in [0.25, 0.3) is 0 Å². The van der Waals surface area contributed by atoms with Crippen LogP contribution in [0.1, 0.15) is 34.1 Å². The molecular weight excluding hydrogens is 300 g/mol. The van der Waals surface area contributed by atoms with Gasteiger partial charge in [0.05, 0.1) is 11.2 Å². The number of carbonyl (C=O) groups is 1. The molecule has 0 fully saturated rings. The molecule has 0 N–H and O–H groups in total. The summed E-state index contributed by atoms with van der Waals surface area (Å²) < 4.78 is 10.7. The lowest BCUT2D eigenvalue weighted by Crippen LogP contribution is -2.29. The van der Waals surface area contributed by atoms with Gasteiger partial charge in [-0.1, -0.05) is 13.0 Å². The van der Waals surface area contributed by atoms with E-state index in [2.05, 4.69) is 4.98 Å². The number of thiazole rings is 1. The molecule has 0 spiro atoms. The van der Waals surface area contributed by atoms with Gasteiger partial charge in [0.25, 0.3) is 5.91 Å². The number of aromatic nitrogens is 1. The van der Waals surface area contributed by atoms with Crippen molar-refractivity contribution in [2.24, 2.45) is 0 Å². The number of amides is 1. The minimum absolute atomic E-state index is 0.0253. The van der Waals surface area contributed by atoms with Gasteiger partial charge in [0.1, 0.15) is 4.88 Å². The molecule has 0 saturated carbocycles. The first kappa shape index (κ1) is 14.8. The number of fused-ring (bicyclic) bond motifs is 1. The minimum Gasteiger partial charge on any atom is -0.454 e. The molecule has 6 heteroatoms. The van der Waals surface area contributed by atoms with Crippen molar-refractivity contribution in [3.8, 4) is 11.5 Å². The number of nitrogens with zero attached hydrogens (tertiary/aromatic N) is 2. The number of carbonyl (C=O) groups excluding carboxylic acids is 1. The lowest BCUT2D eigenvalue weighted by atomic mass is 10.2. The van der Waals surface area contributed by atoms with Gasteiger partial charge in [-0.3, -0.25) is 4.79 Å². The van der Waals surface area contributed by atoms with Gasteiger partial charge >= 0.3 is 0 Å². The van der Waals surface area contributed by atoms with Gasteiger partial charge in [0, 0.05) is 13.1 Å². The lowest BCUT2D eigenvalue weighted by molar-refractivity contribution is 0.0757. The largest absolute Gasteiger partial charge is 0.454 e. The van der Waals surface area contributed by atoms with E-state index in [9.17, 15) is 4.79 Å². The SMILES string of the molecule is CCc1ncc(C(=O)N(CC)Cc2ccc3c(c2)OCO3)s1. The van der Waals surface area contributed by atoms with Crippen molar-refractivity contribution in [1.29, 1.82) is 0 Å². The number of hydrogen-bond donors (Lipinski definition) is 0. The normalized spacial score (nSPS) is 12.5. The smallest absolute Gasteiger partial charge is 0.265 e. The monoisotopic (exact) mass is 318 g/mol. The van der Waals surface area contributed by atoms with Crippen molar-refractivity contribution < 1.29 is 14.3 Å². The Bertz CT molecular complexity index is 684. The maximum atomic E-state index is 12.6. The van der Waals surface area contributed by atoms with Crippen molar-refractivity contribution >= 4 is 17.2 Å². The zero-order valence-corrected chi connectivity index (χ0v) is 13.5. The van der Waals surface area contributed by atoms with E-state index in [1.807, 2.05) is 36.9 Å². The van der Waals surface area contributed by atoms with E-state index >= 15 is 0 Å². The van der Waals surface area contributed by atoms with Crippen LogP contribution in [0.4, 0.5) is 0 Å². The Hall–Kier alpha value is -2.08. The van der Waals surface area contributed by atoms with Crippen LogP contribution in [0.3, 0.4) is 0 Å². The van der Waals surface area contributed by atoms with E-state index < -0.39 is 0 Å². The highest BCUT2D eigenvalue weighted by Gasteiger charge is 2.19. The van der Waals surface area contributed by atoms with E-state index in [0.717, 1.165) is 28.5 Å². The van der Waals surface area contributed by atoms with Gasteiger partial charge in [-0.25, -0.2) is 4.98 Å². The first-order valence-corrected chi connectivity index (χ1v) is 8.15.